The first-order valence-electron chi connectivity index (χ1n) is 14.7. The Kier molecular flexibility index (Phi) is 10.6. The lowest BCUT2D eigenvalue weighted by atomic mass is 10.1. The molecule has 0 saturated carbocycles. The second-order valence-electron chi connectivity index (χ2n) is 11.0. The van der Waals surface area contributed by atoms with Gasteiger partial charge in [-0.15, -0.1) is 0 Å². The highest BCUT2D eigenvalue weighted by Gasteiger charge is 2.33. The number of amides is 4. The number of pyridine rings is 1. The fourth-order valence-electron chi connectivity index (χ4n) is 5.35. The van der Waals surface area contributed by atoms with Crippen LogP contribution < -0.4 is 10.1 Å². The van der Waals surface area contributed by atoms with Crippen molar-refractivity contribution < 1.29 is 43.7 Å². The Morgan fingerprint density at radius 1 is 1.02 bits per heavy atom. The molecule has 4 amide bonds. The molecule has 0 spiro atoms. The van der Waals surface area contributed by atoms with Gasteiger partial charge in [0.2, 0.25) is 5.91 Å². The number of aryl methyl sites for hydroxylation is 1. The molecule has 2 aliphatic heterocycles. The van der Waals surface area contributed by atoms with E-state index in [1.807, 2.05) is 13.0 Å². The average Bonchev–Trinajstić information content (AvgIpc) is 3.49. The average molecular weight is 614 g/mol. The van der Waals surface area contributed by atoms with E-state index < -0.39 is 42.4 Å². The Bertz CT molecular complexity index is 1410. The molecular weight excluding hydrogens is 574 g/mol. The lowest BCUT2D eigenvalue weighted by Gasteiger charge is -2.35. The zero-order chi connectivity index (χ0) is 32.0. The molecule has 14 nitrogen and oxygen atoms in total. The first kappa shape index (κ1) is 32.5. The number of aliphatic hydroxyl groups excluding tert-OH is 1. The Labute approximate surface area is 254 Å². The second-order valence-corrected chi connectivity index (χ2v) is 11.0. The van der Waals surface area contributed by atoms with Crippen molar-refractivity contribution in [3.8, 4) is 5.75 Å². The largest absolute Gasteiger partial charge is 0.481 e. The monoisotopic (exact) mass is 613 g/mol. The van der Waals surface area contributed by atoms with Crippen LogP contribution in [0.2, 0.25) is 0 Å². The van der Waals surface area contributed by atoms with Gasteiger partial charge in [0.1, 0.15) is 17.5 Å². The van der Waals surface area contributed by atoms with Crippen molar-refractivity contribution >= 4 is 40.7 Å². The number of rotatable bonds is 10. The summed E-state index contributed by atoms with van der Waals surface area (Å²) in [5, 5.41) is 22.0. The minimum absolute atomic E-state index is 0.000998. The van der Waals surface area contributed by atoms with E-state index in [0.29, 0.717) is 30.4 Å². The van der Waals surface area contributed by atoms with Crippen LogP contribution in [-0.2, 0) is 19.1 Å². The number of aliphatic hydroxyl groups is 1. The summed E-state index contributed by atoms with van der Waals surface area (Å²) in [5.41, 5.74) is 1.17. The maximum absolute atomic E-state index is 13.5. The first-order valence-corrected chi connectivity index (χ1v) is 14.7. The molecule has 0 radical (unpaired) electrons. The first-order chi connectivity index (χ1) is 21.0. The molecule has 2 aliphatic rings. The Balaban J connectivity index is 1.52. The third-order valence-electron chi connectivity index (χ3n) is 7.77. The molecule has 2 saturated heterocycles. The number of ether oxygens (including phenoxy) is 2. The number of carboxylic acid groups (broad SMARTS) is 1. The standard InChI is InChI=1S/C30H39N5O9/c1-4-43-30(42)34-11-9-33(10-12-34)29(41)24(15-26(37)38)32-27(39)23-14-25(21-6-5-18(2)13-22(21)31-23)44-19(3)28(40)35-8-7-20(16-35)17-36/h5-6,13-14,19-20,24,36H,4,7-12,15-17H2,1-3H3,(H,32,39)(H,37,38)/t19-,20?,24?/m0/s1. The number of hydrogen-bond acceptors (Lipinski definition) is 9. The van der Waals surface area contributed by atoms with Gasteiger partial charge in [-0.1, -0.05) is 6.07 Å². The number of aromatic nitrogens is 1. The van der Waals surface area contributed by atoms with Crippen LogP contribution in [0.4, 0.5) is 4.79 Å². The fourth-order valence-corrected chi connectivity index (χ4v) is 5.35. The zero-order valence-electron chi connectivity index (χ0n) is 25.2. The van der Waals surface area contributed by atoms with Crippen LogP contribution in [0.15, 0.2) is 24.3 Å². The van der Waals surface area contributed by atoms with Crippen LogP contribution >= 0.6 is 0 Å². The molecule has 44 heavy (non-hydrogen) atoms. The number of carbonyl (C=O) groups excluding carboxylic acids is 4. The van der Waals surface area contributed by atoms with Gasteiger partial charge in [-0.3, -0.25) is 19.2 Å². The minimum atomic E-state index is -1.39. The van der Waals surface area contributed by atoms with Gasteiger partial charge in [-0.2, -0.15) is 0 Å². The third-order valence-corrected chi connectivity index (χ3v) is 7.77. The molecule has 2 aromatic rings. The van der Waals surface area contributed by atoms with Crippen LogP contribution in [0, 0.1) is 12.8 Å². The van der Waals surface area contributed by atoms with Crippen molar-refractivity contribution in [3.05, 3.63) is 35.5 Å². The Morgan fingerprint density at radius 2 is 1.73 bits per heavy atom. The highest BCUT2D eigenvalue weighted by atomic mass is 16.6. The van der Waals surface area contributed by atoms with E-state index >= 15 is 0 Å². The van der Waals surface area contributed by atoms with Gasteiger partial charge in [-0.25, -0.2) is 9.78 Å². The summed E-state index contributed by atoms with van der Waals surface area (Å²) in [7, 11) is 0. The number of nitrogens with zero attached hydrogens (tertiary/aromatic N) is 4. The number of carboxylic acids is 1. The lowest BCUT2D eigenvalue weighted by Crippen LogP contribution is -2.56. The van der Waals surface area contributed by atoms with E-state index in [0.717, 1.165) is 5.56 Å². The third kappa shape index (κ3) is 7.73. The van der Waals surface area contributed by atoms with Crippen molar-refractivity contribution in [2.75, 3.05) is 52.5 Å². The summed E-state index contributed by atoms with van der Waals surface area (Å²) in [6, 6.07) is 5.36. The molecule has 1 aromatic carbocycles. The molecule has 2 unspecified atom stereocenters. The van der Waals surface area contributed by atoms with Crippen LogP contribution in [0.1, 0.15) is 42.7 Å². The number of aliphatic carboxylic acids is 1. The van der Waals surface area contributed by atoms with Gasteiger partial charge in [0.25, 0.3) is 11.8 Å². The zero-order valence-corrected chi connectivity index (χ0v) is 25.2. The van der Waals surface area contributed by atoms with Gasteiger partial charge in [-0.05, 0) is 44.9 Å². The maximum atomic E-state index is 13.5. The molecule has 0 bridgehead atoms. The molecule has 1 aromatic heterocycles. The van der Waals surface area contributed by atoms with Crippen LogP contribution in [-0.4, -0.2) is 124 Å². The maximum Gasteiger partial charge on any atom is 0.409 e. The van der Waals surface area contributed by atoms with Crippen LogP contribution in [0.3, 0.4) is 0 Å². The summed E-state index contributed by atoms with van der Waals surface area (Å²) in [5.74, 6) is -2.66. The fraction of sp³-hybridized carbons (Fsp3) is 0.533. The second kappa shape index (κ2) is 14.3. The van der Waals surface area contributed by atoms with E-state index in [9.17, 15) is 34.2 Å². The molecule has 0 aliphatic carbocycles. The number of likely N-dealkylation sites (tertiary alicyclic amines) is 1. The number of hydrogen-bond donors (Lipinski definition) is 3. The normalized spacial score (nSPS) is 18.1. The Morgan fingerprint density at radius 3 is 2.36 bits per heavy atom. The van der Waals surface area contributed by atoms with Crippen molar-refractivity contribution in [3.63, 3.8) is 0 Å². The van der Waals surface area contributed by atoms with E-state index in [2.05, 4.69) is 10.3 Å². The van der Waals surface area contributed by atoms with Crippen molar-refractivity contribution in [1.82, 2.24) is 25.0 Å². The van der Waals surface area contributed by atoms with Gasteiger partial charge in [0, 0.05) is 63.2 Å². The van der Waals surface area contributed by atoms with Gasteiger partial charge < -0.3 is 39.7 Å². The number of nitrogens with one attached hydrogen (secondary N) is 1. The van der Waals surface area contributed by atoms with E-state index in [4.69, 9.17) is 9.47 Å². The van der Waals surface area contributed by atoms with Crippen LogP contribution in [0.25, 0.3) is 10.9 Å². The van der Waals surface area contributed by atoms with Crippen LogP contribution in [0.5, 0.6) is 5.75 Å². The molecule has 238 valence electrons. The quantitative estimate of drug-likeness (QED) is 0.350. The lowest BCUT2D eigenvalue weighted by molar-refractivity contribution is -0.143. The highest BCUT2D eigenvalue weighted by Crippen LogP contribution is 2.28. The van der Waals surface area contributed by atoms with E-state index in [-0.39, 0.29) is 62.7 Å². The van der Waals surface area contributed by atoms with Gasteiger partial charge in [0.05, 0.1) is 18.5 Å². The summed E-state index contributed by atoms with van der Waals surface area (Å²) in [6.45, 7) is 7.04. The van der Waals surface area contributed by atoms with Crippen molar-refractivity contribution in [2.24, 2.45) is 5.92 Å². The number of carbonyl (C=O) groups is 5. The van der Waals surface area contributed by atoms with E-state index in [1.54, 1.807) is 30.9 Å². The van der Waals surface area contributed by atoms with Crippen molar-refractivity contribution in [1.29, 1.82) is 0 Å². The summed E-state index contributed by atoms with van der Waals surface area (Å²) in [4.78, 5) is 72.5. The molecule has 14 heteroatoms. The molecule has 3 atom stereocenters. The number of fused-ring (bicyclic) bond motifs is 1. The molecule has 3 N–H and O–H groups in total. The van der Waals surface area contributed by atoms with Crippen molar-refractivity contribution in [2.45, 2.75) is 45.8 Å². The predicted octanol–water partition coefficient (Wildman–Crippen LogP) is 1.03. The summed E-state index contributed by atoms with van der Waals surface area (Å²) in [6.07, 6.45) is -1.34. The van der Waals surface area contributed by atoms with E-state index in [1.165, 1.54) is 15.9 Å². The molecule has 4 rings (SSSR count). The SMILES string of the molecule is CCOC(=O)N1CCN(C(=O)C(CC(=O)O)NC(=O)c2cc(O[C@@H](C)C(=O)N3CCC(CO)C3)c3ccc(C)cc3n2)CC1. The number of benzene rings is 1. The predicted molar refractivity (Wildman–Crippen MR) is 157 cm³/mol. The number of piperazine rings is 1. The minimum Gasteiger partial charge on any atom is -0.481 e. The highest BCUT2D eigenvalue weighted by molar-refractivity contribution is 6.00. The molecule has 2 fully saturated rings. The molecule has 3 heterocycles. The smallest absolute Gasteiger partial charge is 0.409 e. The van der Waals surface area contributed by atoms with Gasteiger partial charge >= 0.3 is 12.1 Å². The summed E-state index contributed by atoms with van der Waals surface area (Å²) < 4.78 is 11.1. The Hall–Kier alpha value is -4.46. The summed E-state index contributed by atoms with van der Waals surface area (Å²) >= 11 is 0. The molecular formula is C30H39N5O9. The topological polar surface area (TPSA) is 179 Å². The van der Waals surface area contributed by atoms with Gasteiger partial charge in [0.15, 0.2) is 6.10 Å².